The second kappa shape index (κ2) is 52.2. The SMILES string of the molecule is C1CCOC1.CC(C)c1cccc(C(C)C)c1N=Cc1ccc2ccc(C=Nc3c(C(C)C)cccc3C(C)C)c(O)c2c1O.CCN(C(C)(C)C)[Si](C)(C)C1CC(CCC2CCC(C[N-]C(C)(C)C)C3(CCCCC3)C2)C2CCCCC21.[CH-]1CCCO1.[CH3-].[CH3-].[CH3-].[Cl][Zr]([Cl])[Cl].[Cl][Zr]([Cl])[Cl].[Ti+4].[Ti].[Ti]. The number of phenolic OH excluding ortho intramolecular Hbond substituents is 2. The number of hydrogen-bond acceptors (Lipinski definition) is 7. The molecule has 4 aromatic rings. The molecule has 0 aromatic heterocycles. The van der Waals surface area contributed by atoms with Gasteiger partial charge in [-0.3, -0.25) is 9.98 Å². The Morgan fingerprint density at radius 3 is 1.44 bits per heavy atom. The van der Waals surface area contributed by atoms with Gasteiger partial charge in [0.25, 0.3) is 0 Å². The minimum Gasteiger partial charge on any atom is 0 e. The number of aliphatic imine (C=N–C) groups is 2. The zero-order valence-electron chi connectivity index (χ0n) is 66.5. The second-order valence-electron chi connectivity index (χ2n) is 31.9. The molecule has 4 saturated carbocycles. The summed E-state index contributed by atoms with van der Waals surface area (Å²) in [6.45, 7) is 46.7. The molecule has 4 aliphatic carbocycles. The average molecular weight is 1810 g/mol. The van der Waals surface area contributed by atoms with Crippen molar-refractivity contribution in [1.29, 1.82) is 0 Å². The molecule has 6 atom stereocenters. The zero-order chi connectivity index (χ0) is 71.1. The Bertz CT molecular complexity index is 2810. The van der Waals surface area contributed by atoms with Gasteiger partial charge in [0.15, 0.2) is 0 Å². The van der Waals surface area contributed by atoms with Crippen LogP contribution in [0.2, 0.25) is 18.6 Å². The van der Waals surface area contributed by atoms with E-state index in [0.29, 0.717) is 51.1 Å². The van der Waals surface area contributed by atoms with E-state index in [1.807, 2.05) is 30.9 Å². The van der Waals surface area contributed by atoms with E-state index in [4.69, 9.17) is 75.9 Å². The van der Waals surface area contributed by atoms with E-state index in [1.54, 1.807) is 31.7 Å². The molecule has 0 bridgehead atoms. The van der Waals surface area contributed by atoms with E-state index < -0.39 is 44.6 Å². The molecule has 6 fully saturated rings. The first-order valence-electron chi connectivity index (χ1n) is 36.7. The molecule has 572 valence electrons. The van der Waals surface area contributed by atoms with Gasteiger partial charge in [0.1, 0.15) is 19.7 Å². The minimum atomic E-state index is -2.13. The van der Waals surface area contributed by atoms with Crippen molar-refractivity contribution in [3.05, 3.63) is 128 Å². The number of benzene rings is 4. The number of hydrogen-bond donors (Lipinski definition) is 2. The maximum atomic E-state index is 11.3. The van der Waals surface area contributed by atoms with Crippen LogP contribution in [0.4, 0.5) is 11.4 Å². The Morgan fingerprint density at radius 1 is 0.627 bits per heavy atom. The van der Waals surface area contributed by atoms with Gasteiger partial charge in [0.2, 0.25) is 0 Å². The molecule has 2 aliphatic heterocycles. The van der Waals surface area contributed by atoms with Gasteiger partial charge in [-0.05, 0) is 177 Å². The summed E-state index contributed by atoms with van der Waals surface area (Å²) in [6, 6.07) is 20.1. The first kappa shape index (κ1) is 106. The fourth-order valence-corrected chi connectivity index (χ4v) is 22.3. The van der Waals surface area contributed by atoms with Crippen LogP contribution in [-0.2, 0) is 111 Å². The van der Waals surface area contributed by atoms with E-state index in [-0.39, 0.29) is 104 Å². The van der Waals surface area contributed by atoms with Gasteiger partial charge in [-0.25, -0.2) is 6.61 Å². The fraction of sp³-hybridized carbons (Fsp3) is 0.659. The predicted octanol–water partition coefficient (Wildman–Crippen LogP) is 28.3. The third-order valence-electron chi connectivity index (χ3n) is 21.4. The van der Waals surface area contributed by atoms with E-state index >= 15 is 0 Å². The van der Waals surface area contributed by atoms with Gasteiger partial charge >= 0.3 is 109 Å². The van der Waals surface area contributed by atoms with E-state index in [2.05, 4.69) is 158 Å². The quantitative estimate of drug-likeness (QED) is 0.0661. The summed E-state index contributed by atoms with van der Waals surface area (Å²) < 4.78 is 12.7. The van der Waals surface area contributed by atoms with Gasteiger partial charge < -0.3 is 51.8 Å². The molecule has 0 radical (unpaired) electrons. The summed E-state index contributed by atoms with van der Waals surface area (Å²) in [5.74, 6) is 6.24. The molecule has 1 spiro atoms. The van der Waals surface area contributed by atoms with Gasteiger partial charge in [-0.1, -0.05) is 215 Å². The summed E-state index contributed by atoms with van der Waals surface area (Å²) >= 11 is -4.25. The number of rotatable bonds is 16. The van der Waals surface area contributed by atoms with Crippen LogP contribution in [0, 0.1) is 63.9 Å². The molecule has 0 amide bonds. The molecular weight excluding hydrogens is 1670 g/mol. The van der Waals surface area contributed by atoms with Crippen molar-refractivity contribution in [1.82, 2.24) is 4.57 Å². The fourth-order valence-electron chi connectivity index (χ4n) is 17.0. The summed E-state index contributed by atoms with van der Waals surface area (Å²) in [6.07, 6.45) is 31.0. The molecular formula is C82H133Cl6N4O4SiTi3Zr2-. The van der Waals surface area contributed by atoms with Crippen molar-refractivity contribution in [3.63, 3.8) is 0 Å². The first-order valence-corrected chi connectivity index (χ1v) is 58.7. The van der Waals surface area contributed by atoms with E-state index in [9.17, 15) is 10.2 Å². The normalized spacial score (nSPS) is 20.6. The molecule has 2 N–H and O–H groups in total. The van der Waals surface area contributed by atoms with Crippen molar-refractivity contribution in [3.8, 4) is 11.5 Å². The smallest absolute Gasteiger partial charge is 0 e. The van der Waals surface area contributed by atoms with Crippen LogP contribution >= 0.6 is 51.1 Å². The van der Waals surface area contributed by atoms with Crippen molar-refractivity contribution in [2.75, 3.05) is 32.9 Å². The summed E-state index contributed by atoms with van der Waals surface area (Å²) in [5.41, 5.74) is 9.76. The largest absolute Gasteiger partial charge is 4.00 e. The van der Waals surface area contributed by atoms with Crippen LogP contribution in [0.25, 0.3) is 16.1 Å². The van der Waals surface area contributed by atoms with Crippen LogP contribution < -0.4 is 0 Å². The molecule has 4 aromatic carbocycles. The topological polar surface area (TPSA) is 101 Å². The third-order valence-corrected chi connectivity index (χ3v) is 26.3. The standard InChI is InChI=1S/C36H42N2O2.C35H67N2Si.C4H8O.C4H7O.3CH3.6ClH.3Ti.2Zr/c1-21(2)28-11-9-12-29(22(3)4)33(28)37-19-26-17-15-25-16-18-27(36(40)32(25)35(26)39)20-38-34-30(23(5)6)13-10-14-31(34)24(7)8;1-10-37(34(5,6)7)38(8,9)32-24-28(30-16-12-13-17-31(30)32)20-18-27-19-21-29(26-36-33(2,3)4)35(25-27)22-14-11-15-23-35;2*1-2-4-5-3-1;;;;;;;;;;;;;;/h9-24,39-40H,1-8H3;27-32H,10-26H2,1-9H3;1-4H2;3H,1-2,4H2;3*1H3;6*1H;;;;;/q;-1;;4*-1;;;;;;;;;+4;2*+3/p-6. The number of phenols is 2. The maximum absolute atomic E-state index is 11.3. The molecule has 6 aliphatic rings. The molecule has 102 heavy (non-hydrogen) atoms. The second-order valence-corrected chi connectivity index (χ2v) is 58.9. The van der Waals surface area contributed by atoms with Gasteiger partial charge in [0, 0.05) is 92.4 Å². The molecule has 8 nitrogen and oxygen atoms in total. The molecule has 10 rings (SSSR count). The van der Waals surface area contributed by atoms with E-state index in [0.717, 1.165) is 84.7 Å². The Labute approximate surface area is 708 Å². The molecule has 2 saturated heterocycles. The number of ether oxygens (including phenoxy) is 2. The third kappa shape index (κ3) is 33.5. The monoisotopic (exact) mass is 1800 g/mol. The van der Waals surface area contributed by atoms with Crippen molar-refractivity contribution in [2.24, 2.45) is 45.0 Å². The zero-order valence-corrected chi connectivity index (χ0v) is 81.7. The van der Waals surface area contributed by atoms with Crippen molar-refractivity contribution in [2.45, 2.75) is 279 Å². The average Bonchev–Trinajstić information content (AvgIpc) is 1.47. The summed E-state index contributed by atoms with van der Waals surface area (Å²) in [7, 11) is 28.5. The van der Waals surface area contributed by atoms with Crippen molar-refractivity contribution < 1.29 is 121 Å². The number of para-hydroxylation sites is 2. The van der Waals surface area contributed by atoms with E-state index in [1.165, 1.54) is 125 Å². The summed E-state index contributed by atoms with van der Waals surface area (Å²) in [4.78, 5) is 9.75. The Morgan fingerprint density at radius 2 is 1.08 bits per heavy atom. The number of halogens is 6. The molecule has 2 heterocycles. The van der Waals surface area contributed by atoms with Gasteiger partial charge in [-0.15, -0.1) is 12.1 Å². The number of aromatic hydroxyl groups is 2. The molecule has 20 heteroatoms. The summed E-state index contributed by atoms with van der Waals surface area (Å²) in [5, 5.41) is 29.0. The number of nitrogens with zero attached hydrogens (tertiary/aromatic N) is 4. The Balaban J connectivity index is 0. The van der Waals surface area contributed by atoms with Crippen LogP contribution in [0.1, 0.15) is 283 Å². The molecule has 6 unspecified atom stereocenters. The van der Waals surface area contributed by atoms with Crippen LogP contribution in [0.3, 0.4) is 0 Å². The minimum absolute atomic E-state index is 0. The van der Waals surface area contributed by atoms with Gasteiger partial charge in [-0.2, -0.15) is 6.42 Å². The van der Waals surface area contributed by atoms with Crippen LogP contribution in [0.5, 0.6) is 11.5 Å². The predicted molar refractivity (Wildman–Crippen MR) is 435 cm³/mol. The Hall–Kier alpha value is 1.79. The van der Waals surface area contributed by atoms with Gasteiger partial charge in [0.05, 0.1) is 16.8 Å². The number of fused-ring (bicyclic) bond motifs is 2. The van der Waals surface area contributed by atoms with Crippen molar-refractivity contribution >= 4 is 93.9 Å². The van der Waals surface area contributed by atoms with Crippen LogP contribution in [0.15, 0.2) is 70.6 Å². The van der Waals surface area contributed by atoms with Crippen LogP contribution in [-0.4, -0.2) is 79.4 Å². The first-order chi connectivity index (χ1) is 45.2. The Kier molecular flexibility index (Phi) is 54.2. The maximum Gasteiger partial charge on any atom is 4.00 e.